The molecule has 1 unspecified atom stereocenters. The van der Waals surface area contributed by atoms with Gasteiger partial charge in [0.2, 0.25) is 0 Å². The third kappa shape index (κ3) is 3.39. The Bertz CT molecular complexity index is 460. The van der Waals surface area contributed by atoms with Gasteiger partial charge < -0.3 is 14.7 Å². The Hall–Kier alpha value is -0.690. The molecule has 1 atom stereocenters. The molecule has 1 aromatic heterocycles. The first kappa shape index (κ1) is 15.2. The van der Waals surface area contributed by atoms with Crippen LogP contribution in [0, 0.1) is 0 Å². The lowest BCUT2D eigenvalue weighted by atomic mass is 10.1. The summed E-state index contributed by atoms with van der Waals surface area (Å²) in [6.07, 6.45) is 5.31. The Balaban J connectivity index is 1.65. The molecule has 2 aliphatic heterocycles. The van der Waals surface area contributed by atoms with E-state index in [4.69, 9.17) is 4.74 Å². The monoisotopic (exact) mass is 311 g/mol. The maximum Gasteiger partial charge on any atom is 0.186 e. The number of aliphatic hydroxyl groups excluding tert-OH is 1. The van der Waals surface area contributed by atoms with Gasteiger partial charge in [-0.25, -0.2) is 4.98 Å². The number of hydrogen-bond donors (Lipinski definition) is 1. The Kier molecular flexibility index (Phi) is 5.11. The van der Waals surface area contributed by atoms with Gasteiger partial charge in [-0.15, -0.1) is 0 Å². The molecule has 2 fully saturated rings. The molecule has 0 aliphatic carbocycles. The summed E-state index contributed by atoms with van der Waals surface area (Å²) in [5.74, 6) is 0. The topological polar surface area (TPSA) is 48.8 Å². The fourth-order valence-electron chi connectivity index (χ4n) is 3.38. The van der Waals surface area contributed by atoms with E-state index in [0.717, 1.165) is 28.8 Å². The van der Waals surface area contributed by atoms with Crippen LogP contribution in [0.1, 0.15) is 36.3 Å². The van der Waals surface area contributed by atoms with Gasteiger partial charge in [-0.05, 0) is 32.4 Å². The molecule has 3 heterocycles. The first-order valence-electron chi connectivity index (χ1n) is 7.89. The number of aromatic nitrogens is 1. The van der Waals surface area contributed by atoms with E-state index in [9.17, 15) is 5.11 Å². The summed E-state index contributed by atoms with van der Waals surface area (Å²) >= 11 is 1.61. The molecule has 2 aliphatic rings. The quantitative estimate of drug-likeness (QED) is 0.899. The minimum atomic E-state index is 0.0553. The molecule has 0 bridgehead atoms. The van der Waals surface area contributed by atoms with Crippen molar-refractivity contribution < 1.29 is 9.84 Å². The molecule has 0 spiro atoms. The highest BCUT2D eigenvalue weighted by molar-refractivity contribution is 7.15. The van der Waals surface area contributed by atoms with E-state index >= 15 is 0 Å². The van der Waals surface area contributed by atoms with Gasteiger partial charge in [-0.2, -0.15) is 0 Å². The molecule has 1 N–H and O–H groups in total. The van der Waals surface area contributed by atoms with Gasteiger partial charge in [0.25, 0.3) is 0 Å². The summed E-state index contributed by atoms with van der Waals surface area (Å²) in [5, 5.41) is 10.5. The Morgan fingerprint density at radius 2 is 2.10 bits per heavy atom. The number of anilines is 1. The smallest absolute Gasteiger partial charge is 0.186 e. The molecule has 3 rings (SSSR count). The van der Waals surface area contributed by atoms with Crippen molar-refractivity contribution in [3.8, 4) is 0 Å². The summed E-state index contributed by atoms with van der Waals surface area (Å²) in [5.41, 5.74) is 0.890. The lowest BCUT2D eigenvalue weighted by molar-refractivity contribution is 0.174. The molecule has 118 valence electrons. The maximum absolute atomic E-state index is 9.45. The first-order valence-corrected chi connectivity index (χ1v) is 8.71. The van der Waals surface area contributed by atoms with E-state index in [-0.39, 0.29) is 6.61 Å². The fraction of sp³-hybridized carbons (Fsp3) is 0.800. The van der Waals surface area contributed by atoms with Crippen molar-refractivity contribution in [2.45, 2.75) is 44.9 Å². The highest BCUT2D eigenvalue weighted by Crippen LogP contribution is 2.31. The largest absolute Gasteiger partial charge is 0.391 e. The number of ether oxygens (including phenoxy) is 1. The second-order valence-corrected chi connectivity index (χ2v) is 7.00. The molecule has 0 saturated carbocycles. The molecule has 1 aromatic rings. The van der Waals surface area contributed by atoms with Crippen LogP contribution in [0.4, 0.5) is 5.13 Å². The molecule has 0 amide bonds. The molecule has 2 saturated heterocycles. The van der Waals surface area contributed by atoms with Crippen molar-refractivity contribution in [2.24, 2.45) is 0 Å². The summed E-state index contributed by atoms with van der Waals surface area (Å²) in [6, 6.07) is 0.678. The average Bonchev–Trinajstić information content (AvgIpc) is 3.15. The van der Waals surface area contributed by atoms with Crippen molar-refractivity contribution in [3.63, 3.8) is 0 Å². The van der Waals surface area contributed by atoms with Crippen LogP contribution in [0.3, 0.4) is 0 Å². The summed E-state index contributed by atoms with van der Waals surface area (Å²) in [6.45, 7) is 5.20. The predicted molar refractivity (Wildman–Crippen MR) is 84.8 cm³/mol. The van der Waals surface area contributed by atoms with Gasteiger partial charge in [0.05, 0.1) is 23.8 Å². The average molecular weight is 311 g/mol. The van der Waals surface area contributed by atoms with Gasteiger partial charge >= 0.3 is 0 Å². The second kappa shape index (κ2) is 7.05. The van der Waals surface area contributed by atoms with Crippen LogP contribution in [-0.4, -0.2) is 54.3 Å². The summed E-state index contributed by atoms with van der Waals surface area (Å²) < 4.78 is 5.17. The standard InChI is InChI=1S/C15H25N3O2S/c1-20-11-13-14(10-19)21-15(16-13)18-8-5-12(9-18)17-6-3-2-4-7-17/h12,19H,2-11H2,1H3. The van der Waals surface area contributed by atoms with E-state index < -0.39 is 0 Å². The Morgan fingerprint density at radius 3 is 2.81 bits per heavy atom. The molecule has 0 aromatic carbocycles. The minimum absolute atomic E-state index is 0.0553. The number of piperidine rings is 1. The van der Waals surface area contributed by atoms with E-state index in [1.54, 1.807) is 18.4 Å². The lowest BCUT2D eigenvalue weighted by Gasteiger charge is -2.32. The predicted octanol–water partition coefficient (Wildman–Crippen LogP) is 1.85. The molecule has 21 heavy (non-hydrogen) atoms. The highest BCUT2D eigenvalue weighted by atomic mass is 32.1. The van der Waals surface area contributed by atoms with Crippen molar-refractivity contribution >= 4 is 16.5 Å². The molecule has 5 nitrogen and oxygen atoms in total. The SMILES string of the molecule is COCc1nc(N2CCC(N3CCCCC3)C2)sc1CO. The molecular formula is C15H25N3O2S. The number of likely N-dealkylation sites (tertiary alicyclic amines) is 1. The highest BCUT2D eigenvalue weighted by Gasteiger charge is 2.30. The third-order valence-corrected chi connectivity index (χ3v) is 5.68. The van der Waals surface area contributed by atoms with Crippen LogP contribution in [-0.2, 0) is 18.0 Å². The number of methoxy groups -OCH3 is 1. The third-order valence-electron chi connectivity index (χ3n) is 4.53. The van der Waals surface area contributed by atoms with Crippen molar-refractivity contribution in [1.29, 1.82) is 0 Å². The number of rotatable bonds is 5. The van der Waals surface area contributed by atoms with Crippen LogP contribution < -0.4 is 4.90 Å². The number of hydrogen-bond acceptors (Lipinski definition) is 6. The van der Waals surface area contributed by atoms with Crippen molar-refractivity contribution in [1.82, 2.24) is 9.88 Å². The summed E-state index contributed by atoms with van der Waals surface area (Å²) in [4.78, 5) is 10.6. The molecule has 6 heteroatoms. The van der Waals surface area contributed by atoms with Crippen LogP contribution in [0.15, 0.2) is 0 Å². The summed E-state index contributed by atoms with van der Waals surface area (Å²) in [7, 11) is 1.67. The molecule has 0 radical (unpaired) electrons. The zero-order valence-electron chi connectivity index (χ0n) is 12.8. The Morgan fingerprint density at radius 1 is 1.29 bits per heavy atom. The number of thiazole rings is 1. The first-order chi connectivity index (χ1) is 10.3. The van der Waals surface area contributed by atoms with E-state index in [1.807, 2.05) is 0 Å². The maximum atomic E-state index is 9.45. The van der Waals surface area contributed by atoms with Crippen LogP contribution in [0.25, 0.3) is 0 Å². The lowest BCUT2D eigenvalue weighted by Crippen LogP contribution is -2.40. The van der Waals surface area contributed by atoms with E-state index in [0.29, 0.717) is 12.6 Å². The Labute approximate surface area is 130 Å². The zero-order chi connectivity index (χ0) is 14.7. The van der Waals surface area contributed by atoms with Gasteiger partial charge in [-0.3, -0.25) is 4.90 Å². The minimum Gasteiger partial charge on any atom is -0.391 e. The zero-order valence-corrected chi connectivity index (χ0v) is 13.6. The second-order valence-electron chi connectivity index (χ2n) is 5.94. The van der Waals surface area contributed by atoms with E-state index in [2.05, 4.69) is 14.8 Å². The number of nitrogens with zero attached hydrogens (tertiary/aromatic N) is 3. The van der Waals surface area contributed by atoms with Gasteiger partial charge in [0.1, 0.15) is 0 Å². The molecular weight excluding hydrogens is 286 g/mol. The van der Waals surface area contributed by atoms with Gasteiger partial charge in [0, 0.05) is 26.2 Å². The van der Waals surface area contributed by atoms with Crippen LogP contribution in [0.2, 0.25) is 0 Å². The van der Waals surface area contributed by atoms with Crippen molar-refractivity contribution in [2.75, 3.05) is 38.2 Å². The van der Waals surface area contributed by atoms with Gasteiger partial charge in [-0.1, -0.05) is 17.8 Å². The fourth-order valence-corrected chi connectivity index (χ4v) is 4.33. The van der Waals surface area contributed by atoms with Crippen LogP contribution >= 0.6 is 11.3 Å². The van der Waals surface area contributed by atoms with Gasteiger partial charge in [0.15, 0.2) is 5.13 Å². The van der Waals surface area contributed by atoms with Crippen molar-refractivity contribution in [3.05, 3.63) is 10.6 Å². The number of aliphatic hydroxyl groups is 1. The normalized spacial score (nSPS) is 23.9. The van der Waals surface area contributed by atoms with E-state index in [1.165, 1.54) is 38.8 Å². The van der Waals surface area contributed by atoms with Crippen LogP contribution in [0.5, 0.6) is 0 Å².